The van der Waals surface area contributed by atoms with Crippen LogP contribution in [0.1, 0.15) is 17.5 Å². The average Bonchev–Trinajstić information content (AvgIpc) is 2.20. The minimum Gasteiger partial charge on any atom is -0.299 e. The van der Waals surface area contributed by atoms with Crippen molar-refractivity contribution < 1.29 is 4.79 Å². The third kappa shape index (κ3) is 4.27. The highest BCUT2D eigenvalue weighted by atomic mass is 35.5. The Labute approximate surface area is 100 Å². The Morgan fingerprint density at radius 3 is 2.80 bits per heavy atom. The minimum atomic E-state index is 0.297. The molecule has 1 nitrogen and oxygen atoms in total. The van der Waals surface area contributed by atoms with Crippen LogP contribution in [0.15, 0.2) is 18.2 Å². The van der Waals surface area contributed by atoms with Crippen LogP contribution in [0.2, 0.25) is 5.02 Å². The number of rotatable bonds is 5. The highest BCUT2D eigenvalue weighted by Crippen LogP contribution is 2.17. The van der Waals surface area contributed by atoms with Crippen molar-refractivity contribution in [3.05, 3.63) is 34.3 Å². The second kappa shape index (κ2) is 6.19. The fourth-order valence-corrected chi connectivity index (χ4v) is 1.90. The molecule has 0 aliphatic rings. The van der Waals surface area contributed by atoms with Crippen LogP contribution in [-0.4, -0.2) is 17.8 Å². The van der Waals surface area contributed by atoms with Crippen LogP contribution in [0, 0.1) is 6.92 Å². The molecule has 0 aliphatic carbocycles. The molecule has 0 radical (unpaired) electrons. The summed E-state index contributed by atoms with van der Waals surface area (Å²) in [5.41, 5.74) is 2.09. The van der Waals surface area contributed by atoms with Crippen LogP contribution in [-0.2, 0) is 11.2 Å². The van der Waals surface area contributed by atoms with Crippen molar-refractivity contribution in [1.82, 2.24) is 0 Å². The molecule has 1 rings (SSSR count). The van der Waals surface area contributed by atoms with Gasteiger partial charge >= 0.3 is 0 Å². The van der Waals surface area contributed by atoms with Gasteiger partial charge in [0.2, 0.25) is 0 Å². The smallest absolute Gasteiger partial charge is 0.138 e. The Kier molecular flexibility index (Phi) is 5.20. The van der Waals surface area contributed by atoms with E-state index in [2.05, 4.69) is 0 Å². The van der Waals surface area contributed by atoms with Gasteiger partial charge in [-0.15, -0.1) is 0 Å². The Hall–Kier alpha value is -0.470. The van der Waals surface area contributed by atoms with E-state index in [1.807, 2.05) is 31.4 Å². The number of hydrogen-bond donors (Lipinski definition) is 0. The summed E-state index contributed by atoms with van der Waals surface area (Å²) in [5.74, 6) is 1.21. The third-order valence-electron chi connectivity index (χ3n) is 2.21. The summed E-state index contributed by atoms with van der Waals surface area (Å²) in [4.78, 5) is 11.5. The van der Waals surface area contributed by atoms with E-state index in [0.717, 1.165) is 21.9 Å². The first kappa shape index (κ1) is 12.6. The Balaban J connectivity index is 2.57. The van der Waals surface area contributed by atoms with Gasteiger partial charge in [-0.05, 0) is 36.1 Å². The van der Waals surface area contributed by atoms with Crippen molar-refractivity contribution in [2.75, 3.05) is 12.0 Å². The number of hydrogen-bond acceptors (Lipinski definition) is 2. The highest BCUT2D eigenvalue weighted by Gasteiger charge is 2.04. The summed E-state index contributed by atoms with van der Waals surface area (Å²) in [7, 11) is 0. The lowest BCUT2D eigenvalue weighted by Crippen LogP contribution is -2.03. The second-order valence-electron chi connectivity index (χ2n) is 3.54. The lowest BCUT2D eigenvalue weighted by Gasteiger charge is -2.03. The lowest BCUT2D eigenvalue weighted by molar-refractivity contribution is -0.118. The molecule has 0 N–H and O–H groups in total. The number of thioether (sulfide) groups is 1. The number of ketones is 1. The van der Waals surface area contributed by atoms with Crippen molar-refractivity contribution in [3.63, 3.8) is 0 Å². The van der Waals surface area contributed by atoms with E-state index in [-0.39, 0.29) is 0 Å². The minimum absolute atomic E-state index is 0.297. The average molecular weight is 243 g/mol. The molecule has 0 aliphatic heterocycles. The molecule has 0 aromatic heterocycles. The Morgan fingerprint density at radius 2 is 2.20 bits per heavy atom. The number of benzene rings is 1. The molecule has 0 saturated carbocycles. The summed E-state index contributed by atoms with van der Waals surface area (Å²) in [6.45, 7) is 1.96. The van der Waals surface area contributed by atoms with Gasteiger partial charge in [-0.1, -0.05) is 23.7 Å². The van der Waals surface area contributed by atoms with Gasteiger partial charge in [0.25, 0.3) is 0 Å². The number of aryl methyl sites for hydroxylation is 1. The molecule has 15 heavy (non-hydrogen) atoms. The van der Waals surface area contributed by atoms with Crippen LogP contribution in [0.5, 0.6) is 0 Å². The van der Waals surface area contributed by atoms with E-state index >= 15 is 0 Å². The van der Waals surface area contributed by atoms with Crippen molar-refractivity contribution in [3.8, 4) is 0 Å². The fraction of sp³-hybridized carbons (Fsp3) is 0.417. The van der Waals surface area contributed by atoms with E-state index in [4.69, 9.17) is 11.6 Å². The lowest BCUT2D eigenvalue weighted by atomic mass is 10.1. The van der Waals surface area contributed by atoms with Crippen LogP contribution >= 0.6 is 23.4 Å². The molecule has 0 atom stereocenters. The van der Waals surface area contributed by atoms with Gasteiger partial charge in [0, 0.05) is 17.9 Å². The largest absolute Gasteiger partial charge is 0.299 e. The summed E-state index contributed by atoms with van der Waals surface area (Å²) >= 11 is 7.62. The van der Waals surface area contributed by atoms with E-state index in [9.17, 15) is 4.79 Å². The number of carbonyl (C=O) groups is 1. The molecule has 0 fully saturated rings. The zero-order valence-electron chi connectivity index (χ0n) is 9.05. The van der Waals surface area contributed by atoms with Crippen molar-refractivity contribution >= 4 is 29.1 Å². The molecule has 1 aromatic rings. The van der Waals surface area contributed by atoms with Crippen LogP contribution in [0.25, 0.3) is 0 Å². The summed E-state index contributed by atoms with van der Waals surface area (Å²) in [5, 5.41) is 0.760. The molecular formula is C12H15ClOS. The molecule has 0 heterocycles. The molecule has 3 heteroatoms. The zero-order chi connectivity index (χ0) is 11.3. The van der Waals surface area contributed by atoms with Crippen LogP contribution in [0.4, 0.5) is 0 Å². The van der Waals surface area contributed by atoms with Gasteiger partial charge in [-0.3, -0.25) is 4.79 Å². The predicted octanol–water partition coefficient (Wildman–Crippen LogP) is 3.51. The first-order chi connectivity index (χ1) is 7.13. The number of halogens is 1. The Morgan fingerprint density at radius 1 is 1.47 bits per heavy atom. The van der Waals surface area contributed by atoms with Gasteiger partial charge in [0.15, 0.2) is 0 Å². The zero-order valence-corrected chi connectivity index (χ0v) is 10.6. The van der Waals surface area contributed by atoms with E-state index in [1.165, 1.54) is 0 Å². The number of Topliss-reactive ketones (excluding diaryl/α,β-unsaturated/α-hetero) is 1. The quantitative estimate of drug-likeness (QED) is 0.786. The van der Waals surface area contributed by atoms with Crippen molar-refractivity contribution in [2.45, 2.75) is 19.8 Å². The monoisotopic (exact) mass is 242 g/mol. The van der Waals surface area contributed by atoms with Crippen LogP contribution in [0.3, 0.4) is 0 Å². The molecule has 0 bridgehead atoms. The maximum Gasteiger partial charge on any atom is 0.138 e. The molecule has 0 saturated heterocycles. The summed E-state index contributed by atoms with van der Waals surface area (Å²) in [6, 6.07) is 5.76. The van der Waals surface area contributed by atoms with Crippen LogP contribution < -0.4 is 0 Å². The molecule has 0 spiro atoms. The first-order valence-corrected chi connectivity index (χ1v) is 6.66. The Bertz CT molecular complexity index is 349. The van der Waals surface area contributed by atoms with E-state index < -0.39 is 0 Å². The molecule has 1 aromatic carbocycles. The maximum atomic E-state index is 11.5. The molecular weight excluding hydrogens is 228 g/mol. The predicted molar refractivity (Wildman–Crippen MR) is 67.9 cm³/mol. The SMILES string of the molecule is CSCCC(=O)Cc1ccc(Cl)c(C)c1. The van der Waals surface area contributed by atoms with Crippen molar-refractivity contribution in [2.24, 2.45) is 0 Å². The van der Waals surface area contributed by atoms with Gasteiger partial charge < -0.3 is 0 Å². The molecule has 82 valence electrons. The maximum absolute atomic E-state index is 11.5. The highest BCUT2D eigenvalue weighted by molar-refractivity contribution is 7.98. The normalized spacial score (nSPS) is 10.3. The van der Waals surface area contributed by atoms with E-state index in [1.54, 1.807) is 11.8 Å². The van der Waals surface area contributed by atoms with Gasteiger partial charge in [-0.2, -0.15) is 11.8 Å². The first-order valence-electron chi connectivity index (χ1n) is 4.89. The topological polar surface area (TPSA) is 17.1 Å². The van der Waals surface area contributed by atoms with Gasteiger partial charge in [0.1, 0.15) is 5.78 Å². The van der Waals surface area contributed by atoms with Gasteiger partial charge in [0.05, 0.1) is 0 Å². The molecule has 0 unspecified atom stereocenters. The van der Waals surface area contributed by atoms with Crippen molar-refractivity contribution in [1.29, 1.82) is 0 Å². The summed E-state index contributed by atoms with van der Waals surface area (Å²) < 4.78 is 0. The number of carbonyl (C=O) groups excluding carboxylic acids is 1. The van der Waals surface area contributed by atoms with E-state index in [0.29, 0.717) is 18.6 Å². The fourth-order valence-electron chi connectivity index (χ4n) is 1.35. The second-order valence-corrected chi connectivity index (χ2v) is 4.93. The van der Waals surface area contributed by atoms with Gasteiger partial charge in [-0.25, -0.2) is 0 Å². The molecule has 0 amide bonds. The third-order valence-corrected chi connectivity index (χ3v) is 3.25. The summed E-state index contributed by atoms with van der Waals surface area (Å²) in [6.07, 6.45) is 3.20. The standard InChI is InChI=1S/C12H15ClOS/c1-9-7-10(3-4-12(9)13)8-11(14)5-6-15-2/h3-4,7H,5-6,8H2,1-2H3.